The first-order valence-electron chi connectivity index (χ1n) is 5.03. The van der Waals surface area contributed by atoms with Crippen molar-refractivity contribution in [2.24, 2.45) is 0 Å². The van der Waals surface area contributed by atoms with Crippen molar-refractivity contribution < 1.29 is 8.42 Å². The SMILES string of the molecule is CS(=O)(=O)c1ccccc1C1CC=CC1. The zero-order valence-corrected chi connectivity index (χ0v) is 9.50. The Labute approximate surface area is 90.6 Å². The maximum Gasteiger partial charge on any atom is 0.175 e. The van der Waals surface area contributed by atoms with Gasteiger partial charge in [-0.3, -0.25) is 0 Å². The van der Waals surface area contributed by atoms with Crippen molar-refractivity contribution in [1.82, 2.24) is 0 Å². The summed E-state index contributed by atoms with van der Waals surface area (Å²) in [5.74, 6) is 0.343. The predicted octanol–water partition coefficient (Wildman–Crippen LogP) is 2.52. The molecule has 0 heterocycles. The molecule has 1 aliphatic rings. The van der Waals surface area contributed by atoms with Crippen LogP contribution >= 0.6 is 0 Å². The standard InChI is InChI=1S/C12H14O2S/c1-15(13,14)12-9-5-4-8-11(12)10-6-2-3-7-10/h2-5,8-10H,6-7H2,1H3. The molecule has 0 unspecified atom stereocenters. The minimum atomic E-state index is -3.10. The molecule has 0 amide bonds. The second kappa shape index (κ2) is 3.81. The molecule has 2 nitrogen and oxygen atoms in total. The zero-order valence-electron chi connectivity index (χ0n) is 8.68. The molecular weight excluding hydrogens is 208 g/mol. The summed E-state index contributed by atoms with van der Waals surface area (Å²) in [5, 5.41) is 0. The lowest BCUT2D eigenvalue weighted by atomic mass is 9.97. The molecule has 0 N–H and O–H groups in total. The largest absolute Gasteiger partial charge is 0.224 e. The summed E-state index contributed by atoms with van der Waals surface area (Å²) in [7, 11) is -3.10. The average molecular weight is 222 g/mol. The van der Waals surface area contributed by atoms with Gasteiger partial charge >= 0.3 is 0 Å². The van der Waals surface area contributed by atoms with Gasteiger partial charge in [0.05, 0.1) is 4.90 Å². The normalized spacial score (nSPS) is 17.1. The van der Waals surface area contributed by atoms with Crippen molar-refractivity contribution in [3.63, 3.8) is 0 Å². The molecule has 1 aromatic rings. The summed E-state index contributed by atoms with van der Waals surface area (Å²) in [5.41, 5.74) is 0.963. The highest BCUT2D eigenvalue weighted by molar-refractivity contribution is 7.90. The van der Waals surface area contributed by atoms with E-state index in [1.54, 1.807) is 12.1 Å². The van der Waals surface area contributed by atoms with Crippen molar-refractivity contribution in [2.45, 2.75) is 23.7 Å². The van der Waals surface area contributed by atoms with E-state index in [-0.39, 0.29) is 0 Å². The second-order valence-electron chi connectivity index (χ2n) is 3.95. The van der Waals surface area contributed by atoms with Crippen LogP contribution in [0.4, 0.5) is 0 Å². The van der Waals surface area contributed by atoms with Crippen LogP contribution in [0, 0.1) is 0 Å². The van der Waals surface area contributed by atoms with Crippen LogP contribution < -0.4 is 0 Å². The highest BCUT2D eigenvalue weighted by Crippen LogP contribution is 2.33. The van der Waals surface area contributed by atoms with Gasteiger partial charge in [0.2, 0.25) is 0 Å². The number of sulfone groups is 1. The smallest absolute Gasteiger partial charge is 0.175 e. The van der Waals surface area contributed by atoms with Crippen LogP contribution in [0.2, 0.25) is 0 Å². The Morgan fingerprint density at radius 2 is 1.73 bits per heavy atom. The number of hydrogen-bond donors (Lipinski definition) is 0. The van der Waals surface area contributed by atoms with E-state index in [1.165, 1.54) is 6.26 Å². The first kappa shape index (κ1) is 10.4. The van der Waals surface area contributed by atoms with E-state index in [0.29, 0.717) is 10.8 Å². The molecule has 0 radical (unpaired) electrons. The van der Waals surface area contributed by atoms with Gasteiger partial charge in [-0.1, -0.05) is 30.4 Å². The number of rotatable bonds is 2. The Morgan fingerprint density at radius 3 is 2.33 bits per heavy atom. The van der Waals surface area contributed by atoms with Crippen molar-refractivity contribution in [1.29, 1.82) is 0 Å². The molecule has 0 saturated carbocycles. The molecule has 0 saturated heterocycles. The van der Waals surface area contributed by atoms with Crippen LogP contribution in [0.5, 0.6) is 0 Å². The van der Waals surface area contributed by atoms with Crippen molar-refractivity contribution in [3.05, 3.63) is 42.0 Å². The summed E-state index contributed by atoms with van der Waals surface area (Å²) in [6.07, 6.45) is 7.40. The molecule has 80 valence electrons. The van der Waals surface area contributed by atoms with Gasteiger partial charge in [-0.25, -0.2) is 8.42 Å². The maximum absolute atomic E-state index is 11.6. The van der Waals surface area contributed by atoms with Crippen molar-refractivity contribution in [3.8, 4) is 0 Å². The van der Waals surface area contributed by atoms with Gasteiger partial charge in [0, 0.05) is 6.26 Å². The fourth-order valence-electron chi connectivity index (χ4n) is 2.03. The highest BCUT2D eigenvalue weighted by Gasteiger charge is 2.20. The molecule has 2 rings (SSSR count). The van der Waals surface area contributed by atoms with Crippen LogP contribution in [0.25, 0.3) is 0 Å². The van der Waals surface area contributed by atoms with Crippen molar-refractivity contribution >= 4 is 9.84 Å². The average Bonchev–Trinajstić information content (AvgIpc) is 2.69. The van der Waals surface area contributed by atoms with E-state index < -0.39 is 9.84 Å². The lowest BCUT2D eigenvalue weighted by Crippen LogP contribution is -2.05. The first-order valence-corrected chi connectivity index (χ1v) is 6.92. The third-order valence-corrected chi connectivity index (χ3v) is 3.94. The van der Waals surface area contributed by atoms with E-state index in [0.717, 1.165) is 18.4 Å². The molecule has 0 spiro atoms. The van der Waals surface area contributed by atoms with Crippen LogP contribution in [0.3, 0.4) is 0 Å². The molecule has 3 heteroatoms. The molecule has 0 fully saturated rings. The third-order valence-electron chi connectivity index (χ3n) is 2.77. The van der Waals surface area contributed by atoms with Gasteiger partial charge in [0.1, 0.15) is 0 Å². The molecule has 0 aromatic heterocycles. The summed E-state index contributed by atoms with van der Waals surface area (Å²) in [6, 6.07) is 7.31. The summed E-state index contributed by atoms with van der Waals surface area (Å²) >= 11 is 0. The van der Waals surface area contributed by atoms with Gasteiger partial charge in [-0.05, 0) is 30.4 Å². The molecule has 1 aliphatic carbocycles. The minimum Gasteiger partial charge on any atom is -0.224 e. The lowest BCUT2D eigenvalue weighted by molar-refractivity contribution is 0.598. The monoisotopic (exact) mass is 222 g/mol. The zero-order chi connectivity index (χ0) is 10.9. The Kier molecular flexibility index (Phi) is 2.65. The number of benzene rings is 1. The fraction of sp³-hybridized carbons (Fsp3) is 0.333. The third kappa shape index (κ3) is 2.12. The van der Waals surface area contributed by atoms with Crippen LogP contribution in [-0.2, 0) is 9.84 Å². The second-order valence-corrected chi connectivity index (χ2v) is 5.93. The molecule has 1 aromatic carbocycles. The maximum atomic E-state index is 11.6. The first-order chi connectivity index (χ1) is 7.09. The Hall–Kier alpha value is -1.09. The van der Waals surface area contributed by atoms with E-state index in [2.05, 4.69) is 12.2 Å². The van der Waals surface area contributed by atoms with Gasteiger partial charge in [0.25, 0.3) is 0 Å². The minimum absolute atomic E-state index is 0.343. The Bertz CT molecular complexity index is 478. The lowest BCUT2D eigenvalue weighted by Gasteiger charge is -2.13. The van der Waals surface area contributed by atoms with Crippen molar-refractivity contribution in [2.75, 3.05) is 6.26 Å². The quantitative estimate of drug-likeness (QED) is 0.720. The number of hydrogen-bond acceptors (Lipinski definition) is 2. The van der Waals surface area contributed by atoms with E-state index in [9.17, 15) is 8.42 Å². The van der Waals surface area contributed by atoms with E-state index >= 15 is 0 Å². The van der Waals surface area contributed by atoms with Crippen LogP contribution in [0.1, 0.15) is 24.3 Å². The predicted molar refractivity (Wildman–Crippen MR) is 60.7 cm³/mol. The molecule has 0 atom stereocenters. The van der Waals surface area contributed by atoms with E-state index in [4.69, 9.17) is 0 Å². The number of allylic oxidation sites excluding steroid dienone is 2. The van der Waals surface area contributed by atoms with Gasteiger partial charge in [-0.15, -0.1) is 0 Å². The Morgan fingerprint density at radius 1 is 1.13 bits per heavy atom. The van der Waals surface area contributed by atoms with Gasteiger partial charge in [0.15, 0.2) is 9.84 Å². The molecule has 0 bridgehead atoms. The fourth-order valence-corrected chi connectivity index (χ4v) is 3.02. The summed E-state index contributed by atoms with van der Waals surface area (Å²) < 4.78 is 23.2. The van der Waals surface area contributed by atoms with Gasteiger partial charge < -0.3 is 0 Å². The topological polar surface area (TPSA) is 34.1 Å². The van der Waals surface area contributed by atoms with Crippen LogP contribution in [0.15, 0.2) is 41.3 Å². The molecular formula is C12H14O2S. The van der Waals surface area contributed by atoms with Gasteiger partial charge in [-0.2, -0.15) is 0 Å². The summed E-state index contributed by atoms with van der Waals surface area (Å²) in [6.45, 7) is 0. The highest BCUT2D eigenvalue weighted by atomic mass is 32.2. The molecule has 0 aliphatic heterocycles. The van der Waals surface area contributed by atoms with Crippen LogP contribution in [-0.4, -0.2) is 14.7 Å². The molecule has 15 heavy (non-hydrogen) atoms. The Balaban J connectivity index is 2.47. The van der Waals surface area contributed by atoms with E-state index in [1.807, 2.05) is 12.1 Å². The summed E-state index contributed by atoms with van der Waals surface area (Å²) in [4.78, 5) is 0.485.